The van der Waals surface area contributed by atoms with Crippen LogP contribution in [0.4, 0.5) is 0 Å². The Balaban J connectivity index is 1.96. The zero-order valence-corrected chi connectivity index (χ0v) is 13.6. The van der Waals surface area contributed by atoms with E-state index >= 15 is 0 Å². The highest BCUT2D eigenvalue weighted by Crippen LogP contribution is 2.18. The first-order valence-corrected chi connectivity index (χ1v) is 8.91. The minimum atomic E-state index is -3.39. The van der Waals surface area contributed by atoms with E-state index in [0.29, 0.717) is 25.6 Å². The van der Waals surface area contributed by atoms with Crippen LogP contribution in [0, 0.1) is 12.8 Å². The maximum Gasteiger partial charge on any atom is 0.279 e. The maximum atomic E-state index is 12.4. The number of rotatable bonds is 6. The third-order valence-electron chi connectivity index (χ3n) is 4.02. The average molecular weight is 311 g/mol. The van der Waals surface area contributed by atoms with Crippen molar-refractivity contribution in [2.24, 2.45) is 5.92 Å². The Bertz CT molecular complexity index is 558. The van der Waals surface area contributed by atoms with E-state index in [1.165, 1.54) is 0 Å². The van der Waals surface area contributed by atoms with Gasteiger partial charge in [0.15, 0.2) is 0 Å². The third kappa shape index (κ3) is 4.51. The molecular weight excluding hydrogens is 286 g/mol. The van der Waals surface area contributed by atoms with E-state index in [-0.39, 0.29) is 0 Å². The molecule has 118 valence electrons. The van der Waals surface area contributed by atoms with Crippen molar-refractivity contribution in [2.75, 3.05) is 26.7 Å². The highest BCUT2D eigenvalue weighted by Gasteiger charge is 2.28. The number of piperidine rings is 1. The highest BCUT2D eigenvalue weighted by molar-refractivity contribution is 7.87. The molecule has 0 spiro atoms. The van der Waals surface area contributed by atoms with Gasteiger partial charge in [-0.05, 0) is 50.4 Å². The normalized spacial score (nSPS) is 20.6. The molecule has 5 nitrogen and oxygen atoms in total. The van der Waals surface area contributed by atoms with Gasteiger partial charge in [-0.1, -0.05) is 24.3 Å². The zero-order chi connectivity index (χ0) is 15.3. The molecule has 1 atom stereocenters. The Morgan fingerprint density at radius 2 is 2.10 bits per heavy atom. The van der Waals surface area contributed by atoms with Gasteiger partial charge in [-0.2, -0.15) is 17.4 Å². The van der Waals surface area contributed by atoms with Gasteiger partial charge in [0, 0.05) is 19.6 Å². The van der Waals surface area contributed by atoms with Crippen LogP contribution in [-0.4, -0.2) is 39.4 Å². The number of hydrogen-bond donors (Lipinski definition) is 2. The lowest BCUT2D eigenvalue weighted by Crippen LogP contribution is -2.47. The van der Waals surface area contributed by atoms with E-state index in [9.17, 15) is 8.42 Å². The van der Waals surface area contributed by atoms with E-state index in [1.807, 2.05) is 38.2 Å². The van der Waals surface area contributed by atoms with Crippen LogP contribution in [0.3, 0.4) is 0 Å². The third-order valence-corrected chi connectivity index (χ3v) is 5.54. The Morgan fingerprint density at radius 1 is 1.33 bits per heavy atom. The predicted octanol–water partition coefficient (Wildman–Crippen LogP) is 1.26. The van der Waals surface area contributed by atoms with E-state index in [0.717, 1.165) is 30.5 Å². The number of aryl methyl sites for hydroxylation is 1. The van der Waals surface area contributed by atoms with E-state index in [4.69, 9.17) is 0 Å². The number of hydrogen-bond acceptors (Lipinski definition) is 3. The maximum absolute atomic E-state index is 12.4. The summed E-state index contributed by atoms with van der Waals surface area (Å²) in [5.41, 5.74) is 2.12. The van der Waals surface area contributed by atoms with Crippen LogP contribution in [-0.2, 0) is 16.8 Å². The van der Waals surface area contributed by atoms with E-state index in [2.05, 4.69) is 10.0 Å². The molecule has 2 rings (SSSR count). The van der Waals surface area contributed by atoms with Crippen LogP contribution in [0.2, 0.25) is 0 Å². The Morgan fingerprint density at radius 3 is 2.81 bits per heavy atom. The monoisotopic (exact) mass is 311 g/mol. The van der Waals surface area contributed by atoms with Crippen molar-refractivity contribution in [3.05, 3.63) is 35.4 Å². The summed E-state index contributed by atoms with van der Waals surface area (Å²) in [7, 11) is -1.49. The first kappa shape index (κ1) is 16.4. The van der Waals surface area contributed by atoms with Crippen LogP contribution < -0.4 is 10.0 Å². The van der Waals surface area contributed by atoms with Crippen molar-refractivity contribution >= 4 is 10.2 Å². The predicted molar refractivity (Wildman–Crippen MR) is 85.2 cm³/mol. The molecule has 0 radical (unpaired) electrons. The Kier molecular flexibility index (Phi) is 5.75. The Hall–Kier alpha value is -0.950. The summed E-state index contributed by atoms with van der Waals surface area (Å²) in [6.07, 6.45) is 2.02. The molecule has 0 bridgehead atoms. The van der Waals surface area contributed by atoms with Crippen molar-refractivity contribution in [3.63, 3.8) is 0 Å². The molecule has 1 heterocycles. The average Bonchev–Trinajstić information content (AvgIpc) is 2.47. The van der Waals surface area contributed by atoms with Crippen molar-refractivity contribution in [2.45, 2.75) is 26.3 Å². The molecule has 0 saturated carbocycles. The van der Waals surface area contributed by atoms with Crippen molar-refractivity contribution < 1.29 is 8.42 Å². The number of benzene rings is 1. The van der Waals surface area contributed by atoms with Gasteiger partial charge in [0.1, 0.15) is 0 Å². The van der Waals surface area contributed by atoms with Gasteiger partial charge in [-0.25, -0.2) is 0 Å². The lowest BCUT2D eigenvalue weighted by Gasteiger charge is -2.31. The van der Waals surface area contributed by atoms with Crippen LogP contribution in [0.15, 0.2) is 24.3 Å². The molecule has 1 saturated heterocycles. The summed E-state index contributed by atoms with van der Waals surface area (Å²) >= 11 is 0. The Labute approximate surface area is 127 Å². The largest absolute Gasteiger partial charge is 0.319 e. The number of nitrogens with zero attached hydrogens (tertiary/aromatic N) is 1. The second-order valence-electron chi connectivity index (χ2n) is 5.68. The molecule has 21 heavy (non-hydrogen) atoms. The molecule has 1 aromatic carbocycles. The SMILES string of the molecule is CNCC1CCCN(S(=O)(=O)NCc2ccccc2C)C1. The van der Waals surface area contributed by atoms with E-state index < -0.39 is 10.2 Å². The fraction of sp³-hybridized carbons (Fsp3) is 0.600. The van der Waals surface area contributed by atoms with Crippen LogP contribution in [0.25, 0.3) is 0 Å². The molecule has 1 aliphatic rings. The van der Waals surface area contributed by atoms with Gasteiger partial charge in [0.05, 0.1) is 0 Å². The topological polar surface area (TPSA) is 61.4 Å². The first-order valence-electron chi connectivity index (χ1n) is 7.47. The molecule has 1 aromatic rings. The van der Waals surface area contributed by atoms with E-state index in [1.54, 1.807) is 4.31 Å². The summed E-state index contributed by atoms with van der Waals surface area (Å²) < 4.78 is 29.1. The summed E-state index contributed by atoms with van der Waals surface area (Å²) in [5.74, 6) is 0.402. The van der Waals surface area contributed by atoms with Crippen LogP contribution in [0.5, 0.6) is 0 Å². The van der Waals surface area contributed by atoms with Crippen LogP contribution in [0.1, 0.15) is 24.0 Å². The molecule has 1 unspecified atom stereocenters. The lowest BCUT2D eigenvalue weighted by atomic mass is 10.00. The highest BCUT2D eigenvalue weighted by atomic mass is 32.2. The van der Waals surface area contributed by atoms with Crippen LogP contribution >= 0.6 is 0 Å². The smallest absolute Gasteiger partial charge is 0.279 e. The van der Waals surface area contributed by atoms with Gasteiger partial charge in [0.2, 0.25) is 0 Å². The molecule has 0 aliphatic carbocycles. The molecule has 1 aliphatic heterocycles. The molecular formula is C15H25N3O2S. The minimum absolute atomic E-state index is 0.349. The number of nitrogens with one attached hydrogen (secondary N) is 2. The van der Waals surface area contributed by atoms with Crippen molar-refractivity contribution in [1.29, 1.82) is 0 Å². The molecule has 6 heteroatoms. The molecule has 1 fully saturated rings. The fourth-order valence-corrected chi connectivity index (χ4v) is 4.07. The lowest BCUT2D eigenvalue weighted by molar-refractivity contribution is 0.261. The molecule has 0 aromatic heterocycles. The van der Waals surface area contributed by atoms with Crippen molar-refractivity contribution in [3.8, 4) is 0 Å². The fourth-order valence-electron chi connectivity index (χ4n) is 2.77. The van der Waals surface area contributed by atoms with Crippen molar-refractivity contribution in [1.82, 2.24) is 14.3 Å². The second-order valence-corrected chi connectivity index (χ2v) is 7.43. The zero-order valence-electron chi connectivity index (χ0n) is 12.8. The summed E-state index contributed by atoms with van der Waals surface area (Å²) in [5, 5.41) is 3.13. The molecule has 2 N–H and O–H groups in total. The standard InChI is InChI=1S/C15H25N3O2S/c1-13-6-3-4-8-15(13)11-17-21(19,20)18-9-5-7-14(12-18)10-16-2/h3-4,6,8,14,16-17H,5,7,9-12H2,1-2H3. The molecule has 0 amide bonds. The van der Waals surface area contributed by atoms with Gasteiger partial charge < -0.3 is 5.32 Å². The summed E-state index contributed by atoms with van der Waals surface area (Å²) in [6, 6.07) is 7.84. The quantitative estimate of drug-likeness (QED) is 0.831. The first-order chi connectivity index (χ1) is 10.0. The second kappa shape index (κ2) is 7.35. The summed E-state index contributed by atoms with van der Waals surface area (Å²) in [4.78, 5) is 0. The summed E-state index contributed by atoms with van der Waals surface area (Å²) in [6.45, 7) is 4.42. The van der Waals surface area contributed by atoms with Gasteiger partial charge in [-0.3, -0.25) is 0 Å². The van der Waals surface area contributed by atoms with Gasteiger partial charge >= 0.3 is 0 Å². The van der Waals surface area contributed by atoms with Gasteiger partial charge in [-0.15, -0.1) is 0 Å². The van der Waals surface area contributed by atoms with Gasteiger partial charge in [0.25, 0.3) is 10.2 Å². The minimum Gasteiger partial charge on any atom is -0.319 e.